The number of hydrogen-bond acceptors (Lipinski definition) is 5. The van der Waals surface area contributed by atoms with E-state index in [-0.39, 0.29) is 0 Å². The molecule has 108 valence electrons. The van der Waals surface area contributed by atoms with Gasteiger partial charge in [0.25, 0.3) is 0 Å². The number of carboxylic acid groups (broad SMARTS) is 1. The van der Waals surface area contributed by atoms with Crippen LogP contribution in [-0.2, 0) is 4.79 Å². The van der Waals surface area contributed by atoms with Crippen molar-refractivity contribution >= 4 is 5.97 Å². The van der Waals surface area contributed by atoms with Crippen LogP contribution in [0.1, 0.15) is 32.1 Å². The zero-order valence-electron chi connectivity index (χ0n) is 11.2. The smallest absolute Gasteiger partial charge is 0.320 e. The first-order valence-electron chi connectivity index (χ1n) is 6.79. The van der Waals surface area contributed by atoms with Crippen LogP contribution in [0, 0.1) is 0 Å². The van der Waals surface area contributed by atoms with E-state index in [0.717, 1.165) is 38.8 Å². The van der Waals surface area contributed by atoms with Crippen molar-refractivity contribution in [1.82, 2.24) is 10.6 Å². The van der Waals surface area contributed by atoms with Gasteiger partial charge in [-0.1, -0.05) is 6.42 Å². The van der Waals surface area contributed by atoms with E-state index in [1.807, 2.05) is 0 Å². The van der Waals surface area contributed by atoms with Gasteiger partial charge in [0.2, 0.25) is 0 Å². The molecule has 1 atom stereocenters. The van der Waals surface area contributed by atoms with Gasteiger partial charge in [-0.3, -0.25) is 4.79 Å². The fourth-order valence-corrected chi connectivity index (χ4v) is 1.64. The van der Waals surface area contributed by atoms with E-state index in [1.54, 1.807) is 0 Å². The monoisotopic (exact) mass is 260 g/mol. The molecule has 0 radical (unpaired) electrons. The third-order valence-corrected chi connectivity index (χ3v) is 2.72. The van der Waals surface area contributed by atoms with Crippen LogP contribution in [-0.4, -0.2) is 49.8 Å². The molecular weight excluding hydrogens is 232 g/mol. The largest absolute Gasteiger partial charge is 0.480 e. The van der Waals surface area contributed by atoms with Crippen LogP contribution in [0.5, 0.6) is 0 Å². The summed E-state index contributed by atoms with van der Waals surface area (Å²) >= 11 is 0. The summed E-state index contributed by atoms with van der Waals surface area (Å²) in [6.07, 6.45) is 4.36. The molecule has 0 spiro atoms. The molecular formula is C12H28N4O2. The van der Waals surface area contributed by atoms with E-state index >= 15 is 0 Å². The van der Waals surface area contributed by atoms with Crippen molar-refractivity contribution in [3.05, 3.63) is 0 Å². The van der Waals surface area contributed by atoms with Gasteiger partial charge in [-0.15, -0.1) is 0 Å². The number of carbonyl (C=O) groups is 1. The lowest BCUT2D eigenvalue weighted by Crippen LogP contribution is -2.37. The molecule has 6 nitrogen and oxygen atoms in total. The third-order valence-electron chi connectivity index (χ3n) is 2.72. The number of unbranched alkanes of at least 4 members (excludes halogenated alkanes) is 1. The van der Waals surface area contributed by atoms with E-state index in [1.165, 1.54) is 0 Å². The molecule has 1 unspecified atom stereocenters. The van der Waals surface area contributed by atoms with Crippen molar-refractivity contribution in [2.45, 2.75) is 38.1 Å². The van der Waals surface area contributed by atoms with Crippen LogP contribution in [0.15, 0.2) is 0 Å². The maximum Gasteiger partial charge on any atom is 0.320 e. The Kier molecular flexibility index (Phi) is 12.3. The quantitative estimate of drug-likeness (QED) is 0.285. The fourth-order valence-electron chi connectivity index (χ4n) is 1.64. The minimum Gasteiger partial charge on any atom is -0.480 e. The molecule has 6 heteroatoms. The zero-order valence-corrected chi connectivity index (χ0v) is 11.2. The summed E-state index contributed by atoms with van der Waals surface area (Å²) in [6.45, 7) is 3.83. The maximum absolute atomic E-state index is 11.0. The van der Waals surface area contributed by atoms with Crippen LogP contribution >= 0.6 is 0 Å². The van der Waals surface area contributed by atoms with Crippen LogP contribution in [0.25, 0.3) is 0 Å². The Morgan fingerprint density at radius 1 is 1.00 bits per heavy atom. The molecule has 0 aromatic rings. The Labute approximate surface area is 109 Å². The highest BCUT2D eigenvalue weighted by Gasteiger charge is 2.15. The van der Waals surface area contributed by atoms with Crippen LogP contribution in [0.4, 0.5) is 0 Å². The molecule has 18 heavy (non-hydrogen) atoms. The van der Waals surface area contributed by atoms with Crippen molar-refractivity contribution in [2.75, 3.05) is 32.7 Å². The van der Waals surface area contributed by atoms with Gasteiger partial charge < -0.3 is 27.2 Å². The second-order valence-electron chi connectivity index (χ2n) is 4.38. The molecule has 0 aromatic carbocycles. The predicted octanol–water partition coefficient (Wildman–Crippen LogP) is -0.513. The second-order valence-corrected chi connectivity index (χ2v) is 4.38. The summed E-state index contributed by atoms with van der Waals surface area (Å²) in [4.78, 5) is 11.0. The average molecular weight is 260 g/mol. The van der Waals surface area contributed by atoms with Crippen molar-refractivity contribution < 1.29 is 9.90 Å². The number of rotatable bonds is 13. The van der Waals surface area contributed by atoms with Crippen molar-refractivity contribution in [1.29, 1.82) is 0 Å². The topological polar surface area (TPSA) is 113 Å². The zero-order chi connectivity index (χ0) is 13.6. The fraction of sp³-hybridized carbons (Fsp3) is 0.917. The number of nitrogens with one attached hydrogen (secondary N) is 2. The lowest BCUT2D eigenvalue weighted by Gasteiger charge is -2.14. The SMILES string of the molecule is NCCCNCCCCC(NCCCN)C(=O)O. The number of carboxylic acids is 1. The minimum atomic E-state index is -0.775. The average Bonchev–Trinajstić information content (AvgIpc) is 2.35. The highest BCUT2D eigenvalue weighted by Crippen LogP contribution is 2.01. The molecule has 0 aromatic heterocycles. The summed E-state index contributed by atoms with van der Waals surface area (Å²) < 4.78 is 0. The molecule has 0 heterocycles. The molecule has 0 rings (SSSR count). The highest BCUT2D eigenvalue weighted by atomic mass is 16.4. The molecule has 7 N–H and O–H groups in total. The molecule has 0 aliphatic rings. The van der Waals surface area contributed by atoms with Gasteiger partial charge in [-0.2, -0.15) is 0 Å². The Balaban J connectivity index is 3.49. The summed E-state index contributed by atoms with van der Waals surface area (Å²) in [6, 6.07) is -0.444. The summed E-state index contributed by atoms with van der Waals surface area (Å²) in [5.41, 5.74) is 10.7. The van der Waals surface area contributed by atoms with Crippen LogP contribution in [0.2, 0.25) is 0 Å². The lowest BCUT2D eigenvalue weighted by molar-refractivity contribution is -0.139. The van der Waals surface area contributed by atoms with E-state index in [9.17, 15) is 4.79 Å². The third kappa shape index (κ3) is 10.5. The molecule has 0 aliphatic carbocycles. The number of aliphatic carboxylic acids is 1. The Morgan fingerprint density at radius 3 is 2.22 bits per heavy atom. The van der Waals surface area contributed by atoms with Gasteiger partial charge in [-0.25, -0.2) is 0 Å². The van der Waals surface area contributed by atoms with Gasteiger partial charge in [-0.05, 0) is 58.4 Å². The molecule has 0 amide bonds. The highest BCUT2D eigenvalue weighted by molar-refractivity contribution is 5.73. The van der Waals surface area contributed by atoms with Crippen molar-refractivity contribution in [2.24, 2.45) is 11.5 Å². The van der Waals surface area contributed by atoms with Gasteiger partial charge in [0.15, 0.2) is 0 Å². The van der Waals surface area contributed by atoms with E-state index < -0.39 is 12.0 Å². The first-order chi connectivity index (χ1) is 8.72. The second kappa shape index (κ2) is 12.8. The Morgan fingerprint density at radius 2 is 1.61 bits per heavy atom. The molecule has 0 fully saturated rings. The molecule has 0 aliphatic heterocycles. The van der Waals surface area contributed by atoms with Crippen molar-refractivity contribution in [3.8, 4) is 0 Å². The maximum atomic E-state index is 11.0. The molecule has 0 saturated carbocycles. The Hall–Kier alpha value is -0.690. The Bertz CT molecular complexity index is 203. The number of nitrogens with two attached hydrogens (primary N) is 2. The molecule has 0 saturated heterocycles. The van der Waals surface area contributed by atoms with E-state index in [0.29, 0.717) is 26.1 Å². The normalized spacial score (nSPS) is 12.6. The van der Waals surface area contributed by atoms with Gasteiger partial charge in [0.1, 0.15) is 6.04 Å². The van der Waals surface area contributed by atoms with E-state index in [2.05, 4.69) is 10.6 Å². The minimum absolute atomic E-state index is 0.444. The van der Waals surface area contributed by atoms with E-state index in [4.69, 9.17) is 16.6 Å². The lowest BCUT2D eigenvalue weighted by atomic mass is 10.1. The first kappa shape index (κ1) is 17.3. The first-order valence-corrected chi connectivity index (χ1v) is 6.79. The van der Waals surface area contributed by atoms with Crippen molar-refractivity contribution in [3.63, 3.8) is 0 Å². The standard InChI is InChI=1S/C12H28N4O2/c13-6-3-9-15-8-2-1-5-11(12(17)18)16-10-4-7-14/h11,15-16H,1-10,13-14H2,(H,17,18). The van der Waals surface area contributed by atoms with Gasteiger partial charge in [0, 0.05) is 0 Å². The summed E-state index contributed by atoms with van der Waals surface area (Å²) in [5.74, 6) is -0.775. The van der Waals surface area contributed by atoms with Gasteiger partial charge >= 0.3 is 5.97 Å². The predicted molar refractivity (Wildman–Crippen MR) is 73.5 cm³/mol. The summed E-state index contributed by atoms with van der Waals surface area (Å²) in [7, 11) is 0. The van der Waals surface area contributed by atoms with Crippen LogP contribution in [0.3, 0.4) is 0 Å². The van der Waals surface area contributed by atoms with Gasteiger partial charge in [0.05, 0.1) is 0 Å². The molecule has 0 bridgehead atoms. The summed E-state index contributed by atoms with van der Waals surface area (Å²) in [5, 5.41) is 15.3. The van der Waals surface area contributed by atoms with Crippen LogP contribution < -0.4 is 22.1 Å². The number of hydrogen-bond donors (Lipinski definition) is 5.